The van der Waals surface area contributed by atoms with Crippen LogP contribution >= 0.6 is 0 Å². The second-order valence-corrected chi connectivity index (χ2v) is 8.57. The van der Waals surface area contributed by atoms with Crippen LogP contribution in [-0.4, -0.2) is 78.2 Å². The Kier molecular flexibility index (Phi) is 6.83. The van der Waals surface area contributed by atoms with Gasteiger partial charge in [0.15, 0.2) is 29.1 Å². The van der Waals surface area contributed by atoms with Crippen LogP contribution in [0.3, 0.4) is 0 Å². The van der Waals surface area contributed by atoms with Crippen molar-refractivity contribution in [1.29, 1.82) is 0 Å². The lowest BCUT2D eigenvalue weighted by molar-refractivity contribution is -0.301. The SMILES string of the molecule is COc1cc(CCCO[C@@H]2O[C@H](CO)[C@H](O)[C@H](O)[C@H]2O)cc2cc(-c3ccc4c(c3)OCO4)oc12. The summed E-state index contributed by atoms with van der Waals surface area (Å²) in [5.74, 6) is 2.67. The van der Waals surface area contributed by atoms with Gasteiger partial charge < -0.3 is 48.5 Å². The van der Waals surface area contributed by atoms with Gasteiger partial charge in [0.05, 0.1) is 20.3 Å². The topological polar surface area (TPSA) is 140 Å². The van der Waals surface area contributed by atoms with Crippen molar-refractivity contribution in [2.24, 2.45) is 0 Å². The number of ether oxygens (including phenoxy) is 5. The first-order valence-corrected chi connectivity index (χ1v) is 11.4. The largest absolute Gasteiger partial charge is 0.493 e. The summed E-state index contributed by atoms with van der Waals surface area (Å²) in [4.78, 5) is 0. The minimum absolute atomic E-state index is 0.205. The van der Waals surface area contributed by atoms with Crippen molar-refractivity contribution in [3.8, 4) is 28.6 Å². The highest BCUT2D eigenvalue weighted by Crippen LogP contribution is 2.39. The maximum absolute atomic E-state index is 10.1. The van der Waals surface area contributed by atoms with E-state index in [-0.39, 0.29) is 13.4 Å². The van der Waals surface area contributed by atoms with Crippen molar-refractivity contribution in [2.75, 3.05) is 27.1 Å². The molecule has 2 aromatic carbocycles. The molecule has 1 saturated heterocycles. The minimum Gasteiger partial charge on any atom is -0.493 e. The van der Waals surface area contributed by atoms with E-state index in [1.54, 1.807) is 7.11 Å². The molecule has 0 radical (unpaired) electrons. The Morgan fingerprint density at radius 1 is 0.971 bits per heavy atom. The van der Waals surface area contributed by atoms with Gasteiger partial charge in [0.2, 0.25) is 6.79 Å². The van der Waals surface area contributed by atoms with Crippen molar-refractivity contribution in [3.05, 3.63) is 42.0 Å². The van der Waals surface area contributed by atoms with Crippen molar-refractivity contribution in [3.63, 3.8) is 0 Å². The predicted octanol–water partition coefficient (Wildman–Crippen LogP) is 1.59. The normalized spacial score (nSPS) is 25.8. The van der Waals surface area contributed by atoms with Crippen LogP contribution in [-0.2, 0) is 15.9 Å². The Hall–Kier alpha value is -2.86. The molecule has 2 aliphatic heterocycles. The lowest BCUT2D eigenvalue weighted by Gasteiger charge is -2.39. The van der Waals surface area contributed by atoms with Crippen LogP contribution in [0.4, 0.5) is 0 Å². The van der Waals surface area contributed by atoms with E-state index in [1.165, 1.54) is 0 Å². The van der Waals surface area contributed by atoms with Gasteiger partial charge in [-0.15, -0.1) is 0 Å². The number of fused-ring (bicyclic) bond motifs is 2. The molecule has 0 bridgehead atoms. The van der Waals surface area contributed by atoms with Gasteiger partial charge in [-0.05, 0) is 54.8 Å². The van der Waals surface area contributed by atoms with Crippen LogP contribution in [0.2, 0.25) is 0 Å². The second-order valence-electron chi connectivity index (χ2n) is 8.57. The quantitative estimate of drug-likeness (QED) is 0.346. The Balaban J connectivity index is 1.25. The third-order valence-electron chi connectivity index (χ3n) is 6.26. The Morgan fingerprint density at radius 2 is 1.80 bits per heavy atom. The van der Waals surface area contributed by atoms with E-state index in [0.29, 0.717) is 41.4 Å². The molecule has 10 heteroatoms. The minimum atomic E-state index is -1.46. The zero-order chi connectivity index (χ0) is 24.5. The molecule has 3 aromatic rings. The molecule has 10 nitrogen and oxygen atoms in total. The predicted molar refractivity (Wildman–Crippen MR) is 122 cm³/mol. The third kappa shape index (κ3) is 4.68. The summed E-state index contributed by atoms with van der Waals surface area (Å²) in [7, 11) is 1.59. The number of aryl methyl sites for hydroxylation is 1. The summed E-state index contributed by atoms with van der Waals surface area (Å²) in [6.45, 7) is -0.0589. The molecule has 2 aliphatic rings. The average molecular weight is 488 g/mol. The number of aliphatic hydroxyl groups excluding tert-OH is 4. The molecule has 4 N–H and O–H groups in total. The van der Waals surface area contributed by atoms with Crippen molar-refractivity contribution >= 4 is 11.0 Å². The maximum Gasteiger partial charge on any atom is 0.231 e. The molecule has 0 amide bonds. The maximum atomic E-state index is 10.1. The van der Waals surface area contributed by atoms with Gasteiger partial charge in [0.25, 0.3) is 0 Å². The van der Waals surface area contributed by atoms with Crippen molar-refractivity contribution in [1.82, 2.24) is 0 Å². The van der Waals surface area contributed by atoms with Gasteiger partial charge >= 0.3 is 0 Å². The molecule has 1 fully saturated rings. The van der Waals surface area contributed by atoms with Gasteiger partial charge in [0, 0.05) is 10.9 Å². The van der Waals surface area contributed by atoms with Gasteiger partial charge in [0.1, 0.15) is 30.2 Å². The highest BCUT2D eigenvalue weighted by atomic mass is 16.7. The fraction of sp³-hybridized carbons (Fsp3) is 0.440. The van der Waals surface area contributed by atoms with E-state index in [0.717, 1.165) is 16.5 Å². The van der Waals surface area contributed by atoms with E-state index < -0.39 is 37.3 Å². The average Bonchev–Trinajstić information content (AvgIpc) is 3.52. The van der Waals surface area contributed by atoms with Crippen LogP contribution < -0.4 is 14.2 Å². The number of furan rings is 1. The molecule has 35 heavy (non-hydrogen) atoms. The molecule has 5 atom stereocenters. The van der Waals surface area contributed by atoms with Gasteiger partial charge in [-0.1, -0.05) is 0 Å². The first-order valence-electron chi connectivity index (χ1n) is 11.4. The molecule has 0 spiro atoms. The molecule has 1 aromatic heterocycles. The van der Waals surface area contributed by atoms with E-state index in [1.807, 2.05) is 36.4 Å². The molecule has 0 aliphatic carbocycles. The van der Waals surface area contributed by atoms with Gasteiger partial charge in [-0.2, -0.15) is 0 Å². The van der Waals surface area contributed by atoms with Crippen LogP contribution in [0.5, 0.6) is 17.2 Å². The van der Waals surface area contributed by atoms with E-state index in [2.05, 4.69) is 0 Å². The fourth-order valence-electron chi connectivity index (χ4n) is 4.35. The van der Waals surface area contributed by atoms with Crippen molar-refractivity contribution in [2.45, 2.75) is 43.5 Å². The first-order chi connectivity index (χ1) is 17.0. The lowest BCUT2D eigenvalue weighted by Crippen LogP contribution is -2.59. The number of aliphatic hydroxyl groups is 4. The van der Waals surface area contributed by atoms with Crippen LogP contribution in [0, 0.1) is 0 Å². The summed E-state index contributed by atoms with van der Waals surface area (Å²) in [5, 5.41) is 40.0. The number of rotatable bonds is 8. The Bertz CT molecular complexity index is 1170. The highest BCUT2D eigenvalue weighted by molar-refractivity contribution is 5.88. The summed E-state index contributed by atoms with van der Waals surface area (Å²) < 4.78 is 33.4. The third-order valence-corrected chi connectivity index (χ3v) is 6.26. The molecule has 0 unspecified atom stereocenters. The molecule has 5 rings (SSSR count). The molecular formula is C25H28O10. The number of hydrogen-bond donors (Lipinski definition) is 4. The standard InChI is InChI=1S/C25H28O10/c1-30-19-8-13(3-2-6-31-25-23(29)22(28)21(27)20(11-26)35-25)7-15-10-17(34-24(15)19)14-4-5-16-18(9-14)33-12-32-16/h4-5,7-10,20-23,25-29H,2-3,6,11-12H2,1H3/t20-,21+,22+,23-,25-/m1/s1. The zero-order valence-corrected chi connectivity index (χ0v) is 19.1. The summed E-state index contributed by atoms with van der Waals surface area (Å²) in [6, 6.07) is 11.5. The van der Waals surface area contributed by atoms with E-state index >= 15 is 0 Å². The van der Waals surface area contributed by atoms with Crippen molar-refractivity contribution < 1.29 is 48.5 Å². The van der Waals surface area contributed by atoms with Crippen LogP contribution in [0.15, 0.2) is 40.8 Å². The number of benzene rings is 2. The van der Waals surface area contributed by atoms with E-state index in [9.17, 15) is 20.4 Å². The lowest BCUT2D eigenvalue weighted by atomic mass is 9.99. The monoisotopic (exact) mass is 488 g/mol. The summed E-state index contributed by atoms with van der Waals surface area (Å²) in [5.41, 5.74) is 2.51. The number of methoxy groups -OCH3 is 1. The summed E-state index contributed by atoms with van der Waals surface area (Å²) >= 11 is 0. The highest BCUT2D eigenvalue weighted by Gasteiger charge is 2.43. The van der Waals surface area contributed by atoms with Gasteiger partial charge in [-0.25, -0.2) is 0 Å². The molecule has 0 saturated carbocycles. The number of hydrogen-bond acceptors (Lipinski definition) is 10. The fourth-order valence-corrected chi connectivity index (χ4v) is 4.35. The molecular weight excluding hydrogens is 460 g/mol. The molecule has 188 valence electrons. The van der Waals surface area contributed by atoms with Crippen LogP contribution in [0.25, 0.3) is 22.3 Å². The van der Waals surface area contributed by atoms with Crippen LogP contribution in [0.1, 0.15) is 12.0 Å². The summed E-state index contributed by atoms with van der Waals surface area (Å²) in [6.07, 6.45) is -5.18. The first kappa shape index (κ1) is 23.9. The molecule has 3 heterocycles. The Morgan fingerprint density at radius 3 is 2.60 bits per heavy atom. The second kappa shape index (κ2) is 10.0. The Labute approximate surface area is 201 Å². The zero-order valence-electron chi connectivity index (χ0n) is 19.1. The smallest absolute Gasteiger partial charge is 0.231 e. The van der Waals surface area contributed by atoms with E-state index in [4.69, 9.17) is 28.1 Å². The van der Waals surface area contributed by atoms with Gasteiger partial charge in [-0.3, -0.25) is 0 Å².